The van der Waals surface area contributed by atoms with Gasteiger partial charge in [0.15, 0.2) is 6.61 Å². The zero-order valence-corrected chi connectivity index (χ0v) is 18.9. The van der Waals surface area contributed by atoms with Crippen LogP contribution in [0, 0.1) is 13.8 Å². The molecule has 1 aromatic heterocycles. The fraction of sp³-hybridized carbons (Fsp3) is 0.222. The van der Waals surface area contributed by atoms with Crippen molar-refractivity contribution in [1.82, 2.24) is 9.88 Å². The van der Waals surface area contributed by atoms with Gasteiger partial charge in [0.25, 0.3) is 5.91 Å². The molecular formula is C27H28N2O3. The van der Waals surface area contributed by atoms with Crippen LogP contribution in [0.3, 0.4) is 0 Å². The van der Waals surface area contributed by atoms with Crippen molar-refractivity contribution in [3.05, 3.63) is 95.2 Å². The van der Waals surface area contributed by atoms with E-state index in [4.69, 9.17) is 9.47 Å². The van der Waals surface area contributed by atoms with Crippen molar-refractivity contribution in [2.24, 2.45) is 0 Å². The summed E-state index contributed by atoms with van der Waals surface area (Å²) in [7, 11) is 3.47. The number of hydrogen-bond acceptors (Lipinski definition) is 3. The molecule has 1 N–H and O–H groups in total. The molecule has 0 bridgehead atoms. The van der Waals surface area contributed by atoms with Crippen LogP contribution in [-0.4, -0.2) is 36.6 Å². The molecule has 4 aromatic rings. The van der Waals surface area contributed by atoms with Crippen LogP contribution in [0.25, 0.3) is 10.9 Å². The number of aromatic nitrogens is 1. The first-order valence-corrected chi connectivity index (χ1v) is 10.6. The van der Waals surface area contributed by atoms with E-state index in [1.165, 1.54) is 0 Å². The van der Waals surface area contributed by atoms with Gasteiger partial charge in [-0.3, -0.25) is 4.79 Å². The number of aromatic amines is 1. The molecule has 0 saturated heterocycles. The lowest BCUT2D eigenvalue weighted by Crippen LogP contribution is -2.35. The molecular weight excluding hydrogens is 400 g/mol. The second kappa shape index (κ2) is 9.18. The Bertz CT molecular complexity index is 1210. The number of nitrogens with one attached hydrogen (secondary N) is 1. The van der Waals surface area contributed by atoms with Gasteiger partial charge < -0.3 is 19.4 Å². The lowest BCUT2D eigenvalue weighted by atomic mass is 9.96. The molecule has 4 rings (SSSR count). The van der Waals surface area contributed by atoms with Crippen LogP contribution in [0.4, 0.5) is 0 Å². The summed E-state index contributed by atoms with van der Waals surface area (Å²) in [6, 6.07) is 21.7. The van der Waals surface area contributed by atoms with Gasteiger partial charge in [-0.1, -0.05) is 36.4 Å². The SMILES string of the molecule is COc1ccc(C(c2c[nH]c3ccccc23)N(C)C(=O)COc2cc(C)cc(C)c2)cc1. The van der Waals surface area contributed by atoms with Crippen molar-refractivity contribution < 1.29 is 14.3 Å². The van der Waals surface area contributed by atoms with E-state index in [0.717, 1.165) is 38.9 Å². The summed E-state index contributed by atoms with van der Waals surface area (Å²) in [5.74, 6) is 1.38. The molecule has 0 fully saturated rings. The zero-order chi connectivity index (χ0) is 22.7. The van der Waals surface area contributed by atoms with E-state index in [2.05, 4.69) is 17.1 Å². The molecule has 0 radical (unpaired) electrons. The number of H-pyrrole nitrogens is 1. The summed E-state index contributed by atoms with van der Waals surface area (Å²) in [6.45, 7) is 4.00. The van der Waals surface area contributed by atoms with E-state index < -0.39 is 0 Å². The number of aryl methyl sites for hydroxylation is 2. The van der Waals surface area contributed by atoms with Crippen molar-refractivity contribution in [2.75, 3.05) is 20.8 Å². The van der Waals surface area contributed by atoms with Crippen LogP contribution >= 0.6 is 0 Å². The van der Waals surface area contributed by atoms with E-state index in [-0.39, 0.29) is 18.6 Å². The molecule has 5 heteroatoms. The molecule has 5 nitrogen and oxygen atoms in total. The first kappa shape index (κ1) is 21.5. The second-order valence-corrected chi connectivity index (χ2v) is 8.08. The third kappa shape index (κ3) is 4.47. The van der Waals surface area contributed by atoms with Gasteiger partial charge in [0.2, 0.25) is 0 Å². The van der Waals surface area contributed by atoms with Crippen molar-refractivity contribution in [3.63, 3.8) is 0 Å². The summed E-state index contributed by atoms with van der Waals surface area (Å²) in [4.78, 5) is 18.3. The molecule has 0 spiro atoms. The quantitative estimate of drug-likeness (QED) is 0.428. The van der Waals surface area contributed by atoms with Gasteiger partial charge in [-0.15, -0.1) is 0 Å². The highest BCUT2D eigenvalue weighted by molar-refractivity contribution is 5.85. The molecule has 1 amide bonds. The van der Waals surface area contributed by atoms with Gasteiger partial charge in [0.1, 0.15) is 11.5 Å². The Balaban J connectivity index is 1.64. The standard InChI is InChI=1S/C27H28N2O3/c1-18-13-19(2)15-22(14-18)32-17-26(30)29(3)27(20-9-11-21(31-4)12-10-20)24-16-28-25-8-6-5-7-23(24)25/h5-16,27-28H,17H2,1-4H3. The summed E-state index contributed by atoms with van der Waals surface area (Å²) in [6.07, 6.45) is 1.98. The molecule has 3 aromatic carbocycles. The van der Waals surface area contributed by atoms with Gasteiger partial charge in [-0.25, -0.2) is 0 Å². The van der Waals surface area contributed by atoms with E-state index in [9.17, 15) is 4.79 Å². The van der Waals surface area contributed by atoms with Crippen LogP contribution < -0.4 is 9.47 Å². The maximum absolute atomic E-state index is 13.2. The fourth-order valence-corrected chi connectivity index (χ4v) is 4.13. The fourth-order valence-electron chi connectivity index (χ4n) is 4.13. The molecule has 0 saturated carbocycles. The Morgan fingerprint density at radius 1 is 0.969 bits per heavy atom. The highest BCUT2D eigenvalue weighted by Gasteiger charge is 2.26. The molecule has 0 aliphatic rings. The van der Waals surface area contributed by atoms with Crippen LogP contribution in [0.2, 0.25) is 0 Å². The minimum absolute atomic E-state index is 0.0333. The first-order valence-electron chi connectivity index (χ1n) is 10.6. The van der Waals surface area contributed by atoms with E-state index in [1.807, 2.05) is 81.7 Å². The van der Waals surface area contributed by atoms with Crippen molar-refractivity contribution in [2.45, 2.75) is 19.9 Å². The van der Waals surface area contributed by atoms with Gasteiger partial charge in [0.05, 0.1) is 13.2 Å². The maximum atomic E-state index is 13.2. The molecule has 1 unspecified atom stereocenters. The lowest BCUT2D eigenvalue weighted by molar-refractivity contribution is -0.133. The zero-order valence-electron chi connectivity index (χ0n) is 18.9. The summed E-state index contributed by atoms with van der Waals surface area (Å²) in [5.41, 5.74) is 5.28. The number of methoxy groups -OCH3 is 1. The van der Waals surface area contributed by atoms with E-state index >= 15 is 0 Å². The summed E-state index contributed by atoms with van der Waals surface area (Å²) >= 11 is 0. The Morgan fingerprint density at radius 3 is 2.34 bits per heavy atom. The summed E-state index contributed by atoms with van der Waals surface area (Å²) < 4.78 is 11.2. The van der Waals surface area contributed by atoms with Gasteiger partial charge in [-0.2, -0.15) is 0 Å². The largest absolute Gasteiger partial charge is 0.497 e. The number of hydrogen-bond donors (Lipinski definition) is 1. The number of fused-ring (bicyclic) bond motifs is 1. The van der Waals surface area contributed by atoms with Crippen molar-refractivity contribution in [3.8, 4) is 11.5 Å². The number of amides is 1. The van der Waals surface area contributed by atoms with Crippen molar-refractivity contribution >= 4 is 16.8 Å². The van der Waals surface area contributed by atoms with Gasteiger partial charge in [0, 0.05) is 29.7 Å². The molecule has 1 heterocycles. The highest BCUT2D eigenvalue weighted by Crippen LogP contribution is 2.34. The molecule has 32 heavy (non-hydrogen) atoms. The normalized spacial score (nSPS) is 11.9. The number of nitrogens with zero attached hydrogens (tertiary/aromatic N) is 1. The predicted octanol–water partition coefficient (Wildman–Crippen LogP) is 5.42. The Kier molecular flexibility index (Phi) is 6.17. The second-order valence-electron chi connectivity index (χ2n) is 8.08. The number of carbonyl (C=O) groups is 1. The van der Waals surface area contributed by atoms with Crippen molar-refractivity contribution in [1.29, 1.82) is 0 Å². The summed E-state index contributed by atoms with van der Waals surface area (Å²) in [5, 5.41) is 1.09. The highest BCUT2D eigenvalue weighted by atomic mass is 16.5. The van der Waals surface area contributed by atoms with Gasteiger partial charge in [-0.05, 0) is 60.9 Å². The number of carbonyl (C=O) groups excluding carboxylic acids is 1. The Labute approximate surface area is 188 Å². The topological polar surface area (TPSA) is 54.6 Å². The number of benzene rings is 3. The minimum Gasteiger partial charge on any atom is -0.497 e. The van der Waals surface area contributed by atoms with E-state index in [0.29, 0.717) is 5.75 Å². The minimum atomic E-state index is -0.271. The Hall–Kier alpha value is -3.73. The third-order valence-electron chi connectivity index (χ3n) is 5.69. The van der Waals surface area contributed by atoms with Gasteiger partial charge >= 0.3 is 0 Å². The monoisotopic (exact) mass is 428 g/mol. The molecule has 164 valence electrons. The van der Waals surface area contributed by atoms with E-state index in [1.54, 1.807) is 12.0 Å². The maximum Gasteiger partial charge on any atom is 0.261 e. The molecule has 0 aliphatic heterocycles. The number of ether oxygens (including phenoxy) is 2. The first-order chi connectivity index (χ1) is 15.5. The number of rotatable bonds is 7. The third-order valence-corrected chi connectivity index (χ3v) is 5.69. The van der Waals surface area contributed by atoms with Crippen LogP contribution in [-0.2, 0) is 4.79 Å². The molecule has 1 atom stereocenters. The average molecular weight is 429 g/mol. The molecule has 0 aliphatic carbocycles. The average Bonchev–Trinajstić information content (AvgIpc) is 3.21. The number of likely N-dealkylation sites (N-methyl/N-ethyl adjacent to an activating group) is 1. The van der Waals surface area contributed by atoms with Crippen LogP contribution in [0.5, 0.6) is 11.5 Å². The van der Waals surface area contributed by atoms with Crippen LogP contribution in [0.1, 0.15) is 28.3 Å². The smallest absolute Gasteiger partial charge is 0.261 e. The number of para-hydroxylation sites is 1. The van der Waals surface area contributed by atoms with Crippen LogP contribution in [0.15, 0.2) is 72.9 Å². The lowest BCUT2D eigenvalue weighted by Gasteiger charge is -2.29. The predicted molar refractivity (Wildman–Crippen MR) is 127 cm³/mol. The Morgan fingerprint density at radius 2 is 1.66 bits per heavy atom.